The van der Waals surface area contributed by atoms with Gasteiger partial charge in [0.05, 0.1) is 32.5 Å². The van der Waals surface area contributed by atoms with Crippen molar-refractivity contribution in [3.05, 3.63) is 61.3 Å². The number of carbonyl (C=O) groups is 2. The number of amides is 1. The average Bonchev–Trinajstić information content (AvgIpc) is 3.29. The molecule has 0 aliphatic heterocycles. The first-order valence-electron chi connectivity index (χ1n) is 7.28. The molecule has 0 aliphatic rings. The molecule has 0 saturated heterocycles. The molecule has 27 heavy (non-hydrogen) atoms. The molecule has 0 unspecified atom stereocenters. The van der Waals surface area contributed by atoms with Gasteiger partial charge in [0.2, 0.25) is 0 Å². The zero-order valence-electron chi connectivity index (χ0n) is 13.6. The molecule has 0 spiro atoms. The fourth-order valence-electron chi connectivity index (χ4n) is 2.15. The maximum Gasteiger partial charge on any atom is 0.338 e. The Morgan fingerprint density at radius 1 is 1.26 bits per heavy atom. The van der Waals surface area contributed by atoms with Crippen molar-refractivity contribution in [3.8, 4) is 10.6 Å². The van der Waals surface area contributed by atoms with E-state index >= 15 is 0 Å². The first kappa shape index (κ1) is 19.0. The van der Waals surface area contributed by atoms with Crippen molar-refractivity contribution in [2.75, 3.05) is 12.4 Å². The lowest BCUT2D eigenvalue weighted by Crippen LogP contribution is -2.13. The molecule has 2 aromatic heterocycles. The zero-order valence-corrected chi connectivity index (χ0v) is 16.0. The number of nitro groups is 1. The lowest BCUT2D eigenvalue weighted by atomic mass is 10.1. The number of benzene rings is 1. The number of non-ortho nitro benzene ring substituents is 1. The molecule has 1 amide bonds. The number of thiazole rings is 1. The van der Waals surface area contributed by atoms with Gasteiger partial charge >= 0.3 is 5.97 Å². The third-order valence-corrected chi connectivity index (χ3v) is 5.37. The molecule has 11 heteroatoms. The topological polar surface area (TPSA) is 111 Å². The minimum atomic E-state index is -0.779. The van der Waals surface area contributed by atoms with E-state index in [1.165, 1.54) is 28.7 Å². The molecule has 1 N–H and O–H groups in total. The van der Waals surface area contributed by atoms with Crippen LogP contribution in [0.15, 0.2) is 35.7 Å². The van der Waals surface area contributed by atoms with Gasteiger partial charge in [-0.05, 0) is 18.2 Å². The Bertz CT molecular complexity index is 1050. The molecule has 0 saturated carbocycles. The Kier molecular flexibility index (Phi) is 5.49. The lowest BCUT2D eigenvalue weighted by molar-refractivity contribution is -0.384. The van der Waals surface area contributed by atoms with Crippen LogP contribution < -0.4 is 5.32 Å². The van der Waals surface area contributed by atoms with Crippen molar-refractivity contribution in [3.63, 3.8) is 0 Å². The van der Waals surface area contributed by atoms with Crippen molar-refractivity contribution in [1.82, 2.24) is 4.98 Å². The highest BCUT2D eigenvalue weighted by Crippen LogP contribution is 2.33. The second-order valence-electron chi connectivity index (χ2n) is 5.11. The third-order valence-electron chi connectivity index (χ3n) is 3.36. The maximum absolute atomic E-state index is 12.5. The zero-order chi connectivity index (χ0) is 19.6. The predicted octanol–water partition coefficient (Wildman–Crippen LogP) is 4.47. The Hall–Kier alpha value is -2.82. The van der Waals surface area contributed by atoms with Crippen LogP contribution in [0.2, 0.25) is 4.34 Å². The number of hydrogen-bond acceptors (Lipinski definition) is 8. The van der Waals surface area contributed by atoms with E-state index in [4.69, 9.17) is 11.6 Å². The summed E-state index contributed by atoms with van der Waals surface area (Å²) in [7, 11) is 1.15. The van der Waals surface area contributed by atoms with Crippen LogP contribution in [0.25, 0.3) is 10.6 Å². The number of carbonyl (C=O) groups excluding carboxylic acids is 2. The molecule has 0 bridgehead atoms. The molecule has 3 aromatic rings. The van der Waals surface area contributed by atoms with Gasteiger partial charge in [-0.1, -0.05) is 11.6 Å². The number of thiophene rings is 1. The van der Waals surface area contributed by atoms with Gasteiger partial charge < -0.3 is 4.74 Å². The SMILES string of the molecule is COC(=O)c1cc(C(=O)Nc2nc(-c3ccc(Cl)s3)cs2)cc([N+](=O)[O-])c1. The summed E-state index contributed by atoms with van der Waals surface area (Å²) in [5, 5.41) is 15.7. The summed E-state index contributed by atoms with van der Waals surface area (Å²) in [6, 6.07) is 6.91. The van der Waals surface area contributed by atoms with E-state index in [1.54, 1.807) is 11.4 Å². The van der Waals surface area contributed by atoms with E-state index in [-0.39, 0.29) is 11.1 Å². The molecule has 138 valence electrons. The highest BCUT2D eigenvalue weighted by Gasteiger charge is 2.19. The normalized spacial score (nSPS) is 10.4. The van der Waals surface area contributed by atoms with Crippen LogP contribution in [-0.2, 0) is 4.74 Å². The number of nitro benzene ring substituents is 1. The Balaban J connectivity index is 1.85. The monoisotopic (exact) mass is 423 g/mol. The van der Waals surface area contributed by atoms with E-state index in [9.17, 15) is 19.7 Å². The summed E-state index contributed by atoms with van der Waals surface area (Å²) in [5.74, 6) is -1.41. The number of anilines is 1. The molecular formula is C16H10ClN3O5S2. The highest BCUT2D eigenvalue weighted by atomic mass is 35.5. The van der Waals surface area contributed by atoms with Crippen molar-refractivity contribution in [2.45, 2.75) is 0 Å². The Morgan fingerprint density at radius 3 is 2.63 bits per heavy atom. The number of methoxy groups -OCH3 is 1. The van der Waals surface area contributed by atoms with Crippen LogP contribution in [0.4, 0.5) is 10.8 Å². The van der Waals surface area contributed by atoms with Crippen molar-refractivity contribution >= 4 is 57.0 Å². The summed E-state index contributed by atoms with van der Waals surface area (Å²) in [4.78, 5) is 39.7. The van der Waals surface area contributed by atoms with Gasteiger partial charge in [0.25, 0.3) is 11.6 Å². The van der Waals surface area contributed by atoms with Crippen LogP contribution in [0.5, 0.6) is 0 Å². The lowest BCUT2D eigenvalue weighted by Gasteiger charge is -2.05. The number of halogens is 1. The van der Waals surface area contributed by atoms with Crippen LogP contribution in [0.1, 0.15) is 20.7 Å². The summed E-state index contributed by atoms with van der Waals surface area (Å²) in [6.45, 7) is 0. The van der Waals surface area contributed by atoms with Gasteiger partial charge in [-0.25, -0.2) is 9.78 Å². The Morgan fingerprint density at radius 2 is 2.00 bits per heavy atom. The molecule has 0 atom stereocenters. The summed E-state index contributed by atoms with van der Waals surface area (Å²) < 4.78 is 5.19. The standard InChI is InChI=1S/C16H10ClN3O5S2/c1-25-15(22)9-4-8(5-10(6-9)20(23)24)14(21)19-16-18-11(7-26-16)12-2-3-13(17)27-12/h2-7H,1H3,(H,18,19,21). The number of nitrogens with zero attached hydrogens (tertiary/aromatic N) is 2. The van der Waals surface area contributed by atoms with E-state index in [2.05, 4.69) is 15.0 Å². The summed E-state index contributed by atoms with van der Waals surface area (Å²) in [5.41, 5.74) is 0.114. The Labute approximate surface area is 165 Å². The summed E-state index contributed by atoms with van der Waals surface area (Å²) in [6.07, 6.45) is 0. The maximum atomic E-state index is 12.5. The fraction of sp³-hybridized carbons (Fsp3) is 0.0625. The number of nitrogens with one attached hydrogen (secondary N) is 1. The number of esters is 1. The number of aromatic nitrogens is 1. The van der Waals surface area contributed by atoms with Crippen molar-refractivity contribution in [2.24, 2.45) is 0 Å². The van der Waals surface area contributed by atoms with Crippen LogP contribution >= 0.6 is 34.3 Å². The molecule has 8 nitrogen and oxygen atoms in total. The van der Waals surface area contributed by atoms with Gasteiger partial charge in [-0.15, -0.1) is 22.7 Å². The van der Waals surface area contributed by atoms with Crippen LogP contribution in [0.3, 0.4) is 0 Å². The minimum absolute atomic E-state index is 0.0551. The quantitative estimate of drug-likeness (QED) is 0.368. The number of hydrogen-bond donors (Lipinski definition) is 1. The highest BCUT2D eigenvalue weighted by molar-refractivity contribution is 7.20. The van der Waals surface area contributed by atoms with Gasteiger partial charge in [0, 0.05) is 23.1 Å². The fourth-order valence-corrected chi connectivity index (χ4v) is 3.93. The van der Waals surface area contributed by atoms with Crippen molar-refractivity contribution in [1.29, 1.82) is 0 Å². The number of rotatable bonds is 5. The minimum Gasteiger partial charge on any atom is -0.465 e. The first-order chi connectivity index (χ1) is 12.9. The molecule has 3 rings (SSSR count). The molecular weight excluding hydrogens is 414 g/mol. The van der Waals surface area contributed by atoms with E-state index < -0.39 is 22.5 Å². The molecule has 0 radical (unpaired) electrons. The molecule has 1 aromatic carbocycles. The van der Waals surface area contributed by atoms with E-state index in [0.29, 0.717) is 15.2 Å². The second-order valence-corrected chi connectivity index (χ2v) is 7.69. The second kappa shape index (κ2) is 7.82. The first-order valence-corrected chi connectivity index (χ1v) is 9.35. The van der Waals surface area contributed by atoms with Crippen LogP contribution in [0, 0.1) is 10.1 Å². The largest absolute Gasteiger partial charge is 0.465 e. The third kappa shape index (κ3) is 4.30. The van der Waals surface area contributed by atoms with E-state index in [0.717, 1.165) is 24.1 Å². The van der Waals surface area contributed by atoms with Gasteiger partial charge in [-0.2, -0.15) is 0 Å². The summed E-state index contributed by atoms with van der Waals surface area (Å²) >= 11 is 8.46. The molecule has 2 heterocycles. The predicted molar refractivity (Wildman–Crippen MR) is 103 cm³/mol. The molecule has 0 fully saturated rings. The smallest absolute Gasteiger partial charge is 0.338 e. The van der Waals surface area contributed by atoms with Gasteiger partial charge in [0.15, 0.2) is 5.13 Å². The van der Waals surface area contributed by atoms with Crippen molar-refractivity contribution < 1.29 is 19.2 Å². The van der Waals surface area contributed by atoms with Crippen LogP contribution in [-0.4, -0.2) is 28.9 Å². The van der Waals surface area contributed by atoms with Gasteiger partial charge in [0.1, 0.15) is 0 Å². The van der Waals surface area contributed by atoms with Gasteiger partial charge in [-0.3, -0.25) is 20.2 Å². The van der Waals surface area contributed by atoms with E-state index in [1.807, 2.05) is 6.07 Å². The number of ether oxygens (including phenoxy) is 1. The molecule has 0 aliphatic carbocycles. The average molecular weight is 424 g/mol.